The second-order valence-corrected chi connectivity index (χ2v) is 7.36. The van der Waals surface area contributed by atoms with Crippen molar-refractivity contribution >= 4 is 28.1 Å². The summed E-state index contributed by atoms with van der Waals surface area (Å²) in [7, 11) is 3.22. The lowest BCUT2D eigenvalue weighted by molar-refractivity contribution is -0.383. The van der Waals surface area contributed by atoms with Crippen LogP contribution in [-0.2, 0) is 13.1 Å². The third kappa shape index (κ3) is 4.95. The molecule has 0 saturated carbocycles. The Balaban J connectivity index is 1.67. The summed E-state index contributed by atoms with van der Waals surface area (Å²) >= 11 is 0. The number of aromatic nitrogens is 1. The van der Waals surface area contributed by atoms with Crippen LogP contribution in [0.25, 0.3) is 10.9 Å². The SMILES string of the molecule is COc1ccc(CNc2nc3ccccc3c(NCc3ccc(OC)cc3)c2[N+](=O)[O-])cc1. The van der Waals surface area contributed by atoms with Gasteiger partial charge in [0.05, 0.1) is 24.7 Å². The lowest BCUT2D eigenvalue weighted by atomic mass is 10.1. The number of hydrogen-bond donors (Lipinski definition) is 2. The number of nitro groups is 1. The predicted octanol–water partition coefficient (Wildman–Crippen LogP) is 5.38. The molecule has 1 aromatic heterocycles. The summed E-state index contributed by atoms with van der Waals surface area (Å²) in [5.74, 6) is 1.72. The minimum atomic E-state index is -0.397. The molecule has 168 valence electrons. The molecule has 0 radical (unpaired) electrons. The van der Waals surface area contributed by atoms with E-state index in [0.29, 0.717) is 29.7 Å². The highest BCUT2D eigenvalue weighted by atomic mass is 16.6. The summed E-state index contributed by atoms with van der Waals surface area (Å²) in [6, 6.07) is 22.4. The fraction of sp³-hybridized carbons (Fsp3) is 0.160. The second-order valence-electron chi connectivity index (χ2n) is 7.36. The zero-order chi connectivity index (χ0) is 23.2. The first-order valence-corrected chi connectivity index (χ1v) is 10.4. The van der Waals surface area contributed by atoms with Crippen molar-refractivity contribution in [2.24, 2.45) is 0 Å². The van der Waals surface area contributed by atoms with Gasteiger partial charge in [-0.1, -0.05) is 42.5 Å². The Labute approximate surface area is 191 Å². The lowest BCUT2D eigenvalue weighted by Crippen LogP contribution is -2.09. The highest BCUT2D eigenvalue weighted by molar-refractivity contribution is 5.99. The van der Waals surface area contributed by atoms with Crippen molar-refractivity contribution in [1.82, 2.24) is 4.98 Å². The van der Waals surface area contributed by atoms with E-state index in [4.69, 9.17) is 9.47 Å². The average Bonchev–Trinajstić information content (AvgIpc) is 2.86. The van der Waals surface area contributed by atoms with Gasteiger partial charge in [-0.3, -0.25) is 10.1 Å². The van der Waals surface area contributed by atoms with Crippen molar-refractivity contribution in [3.8, 4) is 11.5 Å². The maximum Gasteiger partial charge on any atom is 0.334 e. The van der Waals surface area contributed by atoms with E-state index in [9.17, 15) is 10.1 Å². The molecule has 4 rings (SSSR count). The molecule has 0 atom stereocenters. The summed E-state index contributed by atoms with van der Waals surface area (Å²) in [5, 5.41) is 19.2. The number of methoxy groups -OCH3 is 2. The first-order valence-electron chi connectivity index (χ1n) is 10.4. The van der Waals surface area contributed by atoms with Crippen molar-refractivity contribution < 1.29 is 14.4 Å². The average molecular weight is 444 g/mol. The highest BCUT2D eigenvalue weighted by Gasteiger charge is 2.25. The van der Waals surface area contributed by atoms with E-state index in [1.807, 2.05) is 72.8 Å². The van der Waals surface area contributed by atoms with Gasteiger partial charge >= 0.3 is 5.69 Å². The Hall–Kier alpha value is -4.33. The minimum Gasteiger partial charge on any atom is -0.497 e. The molecule has 0 amide bonds. The van der Waals surface area contributed by atoms with Gasteiger partial charge < -0.3 is 20.1 Å². The van der Waals surface area contributed by atoms with Crippen LogP contribution < -0.4 is 20.1 Å². The number of pyridine rings is 1. The van der Waals surface area contributed by atoms with Crippen molar-refractivity contribution in [3.63, 3.8) is 0 Å². The molecule has 0 spiro atoms. The number of nitrogens with one attached hydrogen (secondary N) is 2. The van der Waals surface area contributed by atoms with Crippen molar-refractivity contribution in [2.75, 3.05) is 24.9 Å². The molecule has 0 aliphatic heterocycles. The van der Waals surface area contributed by atoms with Crippen LogP contribution in [0.2, 0.25) is 0 Å². The first kappa shape index (κ1) is 21.9. The standard InChI is InChI=1S/C25H24N4O4/c1-32-19-11-7-17(8-12-19)15-26-23-21-5-3-4-6-22(21)28-25(24(23)29(30)31)27-16-18-9-13-20(33-2)14-10-18/h3-14H,15-16H2,1-2H3,(H2,26,27,28). The number of nitrogens with zero attached hydrogens (tertiary/aromatic N) is 2. The van der Waals surface area contributed by atoms with E-state index in [-0.39, 0.29) is 11.5 Å². The van der Waals surface area contributed by atoms with Gasteiger partial charge in [0.1, 0.15) is 17.2 Å². The predicted molar refractivity (Wildman–Crippen MR) is 129 cm³/mol. The van der Waals surface area contributed by atoms with E-state index >= 15 is 0 Å². The van der Waals surface area contributed by atoms with Gasteiger partial charge in [-0.05, 0) is 41.5 Å². The molecule has 8 nitrogen and oxygen atoms in total. The highest BCUT2D eigenvalue weighted by Crippen LogP contribution is 2.38. The van der Waals surface area contributed by atoms with Gasteiger partial charge in [-0.15, -0.1) is 0 Å². The zero-order valence-corrected chi connectivity index (χ0v) is 18.4. The van der Waals surface area contributed by atoms with E-state index in [1.165, 1.54) is 0 Å². The number of rotatable bonds is 9. The molecule has 0 unspecified atom stereocenters. The number of hydrogen-bond acceptors (Lipinski definition) is 7. The topological polar surface area (TPSA) is 98.5 Å². The van der Waals surface area contributed by atoms with Crippen molar-refractivity contribution in [3.05, 3.63) is 94.0 Å². The van der Waals surface area contributed by atoms with Crippen molar-refractivity contribution in [1.29, 1.82) is 0 Å². The smallest absolute Gasteiger partial charge is 0.334 e. The monoisotopic (exact) mass is 444 g/mol. The normalized spacial score (nSPS) is 10.6. The molecule has 4 aromatic rings. The summed E-state index contributed by atoms with van der Waals surface area (Å²) in [5.41, 5.74) is 2.93. The summed E-state index contributed by atoms with van der Waals surface area (Å²) < 4.78 is 10.4. The quantitative estimate of drug-likeness (QED) is 0.264. The second kappa shape index (κ2) is 9.86. The molecule has 0 aliphatic carbocycles. The summed E-state index contributed by atoms with van der Waals surface area (Å²) in [6.07, 6.45) is 0. The molecule has 2 N–H and O–H groups in total. The molecule has 33 heavy (non-hydrogen) atoms. The maximum atomic E-state index is 12.1. The van der Waals surface area contributed by atoms with Crippen molar-refractivity contribution in [2.45, 2.75) is 13.1 Å². The van der Waals surface area contributed by atoms with Crippen LogP contribution in [0.4, 0.5) is 17.2 Å². The van der Waals surface area contributed by atoms with Crippen LogP contribution in [0.5, 0.6) is 11.5 Å². The molecule has 0 aliphatic rings. The van der Waals surface area contributed by atoms with Crippen LogP contribution in [0.3, 0.4) is 0 Å². The third-order valence-corrected chi connectivity index (χ3v) is 5.30. The Morgan fingerprint density at radius 1 is 0.818 bits per heavy atom. The van der Waals surface area contributed by atoms with Crippen LogP contribution in [0.15, 0.2) is 72.8 Å². The molecule has 3 aromatic carbocycles. The lowest BCUT2D eigenvalue weighted by Gasteiger charge is -2.14. The number of benzene rings is 3. The molecular weight excluding hydrogens is 420 g/mol. The van der Waals surface area contributed by atoms with Gasteiger partial charge in [0.15, 0.2) is 0 Å². The molecule has 0 bridgehead atoms. The molecule has 8 heteroatoms. The van der Waals surface area contributed by atoms with E-state index in [0.717, 1.165) is 22.6 Å². The van der Waals surface area contributed by atoms with Gasteiger partial charge in [0, 0.05) is 18.5 Å². The van der Waals surface area contributed by atoms with E-state index in [1.54, 1.807) is 14.2 Å². The van der Waals surface area contributed by atoms with E-state index in [2.05, 4.69) is 15.6 Å². The van der Waals surface area contributed by atoms with Crippen LogP contribution in [-0.4, -0.2) is 24.1 Å². The minimum absolute atomic E-state index is 0.0873. The largest absolute Gasteiger partial charge is 0.497 e. The number of ether oxygens (including phenoxy) is 2. The third-order valence-electron chi connectivity index (χ3n) is 5.30. The van der Waals surface area contributed by atoms with Gasteiger partial charge in [-0.25, -0.2) is 4.98 Å². The van der Waals surface area contributed by atoms with Gasteiger partial charge in [-0.2, -0.15) is 0 Å². The fourth-order valence-electron chi connectivity index (χ4n) is 3.54. The maximum absolute atomic E-state index is 12.1. The molecule has 0 fully saturated rings. The van der Waals surface area contributed by atoms with E-state index < -0.39 is 4.92 Å². The molecular formula is C25H24N4O4. The Morgan fingerprint density at radius 3 is 1.91 bits per heavy atom. The number of anilines is 2. The van der Waals surface area contributed by atoms with Crippen LogP contribution >= 0.6 is 0 Å². The van der Waals surface area contributed by atoms with Crippen LogP contribution in [0, 0.1) is 10.1 Å². The Kier molecular flexibility index (Phi) is 6.54. The Bertz CT molecular complexity index is 1260. The molecule has 0 saturated heterocycles. The van der Waals surface area contributed by atoms with Crippen LogP contribution in [0.1, 0.15) is 11.1 Å². The van der Waals surface area contributed by atoms with Gasteiger partial charge in [0.2, 0.25) is 5.82 Å². The summed E-state index contributed by atoms with van der Waals surface area (Å²) in [4.78, 5) is 16.3. The number of fused-ring (bicyclic) bond motifs is 1. The zero-order valence-electron chi connectivity index (χ0n) is 18.4. The first-order chi connectivity index (χ1) is 16.1. The fourth-order valence-corrected chi connectivity index (χ4v) is 3.54. The summed E-state index contributed by atoms with van der Waals surface area (Å²) in [6.45, 7) is 0.796. The Morgan fingerprint density at radius 2 is 1.36 bits per heavy atom. The van der Waals surface area contributed by atoms with Gasteiger partial charge in [0.25, 0.3) is 0 Å². The number of para-hydroxylation sites is 1. The molecule has 1 heterocycles.